The van der Waals surface area contributed by atoms with Crippen molar-refractivity contribution in [2.24, 2.45) is 5.73 Å². The van der Waals surface area contributed by atoms with Gasteiger partial charge < -0.3 is 10.6 Å². The molecule has 1 heterocycles. The maximum Gasteiger partial charge on any atom is 0.244 e. The maximum absolute atomic E-state index is 12.1. The van der Waals surface area contributed by atoms with Gasteiger partial charge in [-0.3, -0.25) is 4.79 Å². The highest BCUT2D eigenvalue weighted by atomic mass is 32.2. The number of benzene rings is 1. The molecule has 98 valence electrons. The van der Waals surface area contributed by atoms with Crippen LogP contribution in [0.3, 0.4) is 0 Å². The molecule has 5 nitrogen and oxygen atoms in total. The van der Waals surface area contributed by atoms with Gasteiger partial charge in [-0.1, -0.05) is 30.3 Å². The monoisotopic (exact) mass is 268 g/mol. The quantitative estimate of drug-likeness (QED) is 0.815. The maximum atomic E-state index is 12.1. The van der Waals surface area contributed by atoms with Crippen LogP contribution in [0.4, 0.5) is 0 Å². The lowest BCUT2D eigenvalue weighted by Gasteiger charge is -2.29. The number of carbonyl (C=O) groups is 1. The largest absolute Gasteiger partial charge is 0.339 e. The Morgan fingerprint density at radius 3 is 2.28 bits per heavy atom. The van der Waals surface area contributed by atoms with Crippen LogP contribution >= 0.6 is 0 Å². The van der Waals surface area contributed by atoms with Crippen molar-refractivity contribution in [1.82, 2.24) is 4.90 Å². The van der Waals surface area contributed by atoms with Crippen LogP contribution in [0.2, 0.25) is 0 Å². The fourth-order valence-corrected chi connectivity index (χ4v) is 3.13. The van der Waals surface area contributed by atoms with Crippen molar-refractivity contribution in [3.05, 3.63) is 35.9 Å². The summed E-state index contributed by atoms with van der Waals surface area (Å²) in [6, 6.07) is 8.37. The molecule has 18 heavy (non-hydrogen) atoms. The van der Waals surface area contributed by atoms with E-state index in [0.717, 1.165) is 5.56 Å². The fourth-order valence-electron chi connectivity index (χ4n) is 1.93. The first-order valence-corrected chi connectivity index (χ1v) is 7.61. The van der Waals surface area contributed by atoms with Gasteiger partial charge in [0.05, 0.1) is 11.5 Å². The second-order valence-corrected chi connectivity index (χ2v) is 6.67. The van der Waals surface area contributed by atoms with E-state index in [1.54, 1.807) is 12.1 Å². The molecule has 0 spiro atoms. The van der Waals surface area contributed by atoms with Crippen molar-refractivity contribution in [3.8, 4) is 0 Å². The summed E-state index contributed by atoms with van der Waals surface area (Å²) >= 11 is 0. The molecular weight excluding hydrogens is 252 g/mol. The molecule has 1 fully saturated rings. The van der Waals surface area contributed by atoms with Crippen LogP contribution in [0.25, 0.3) is 0 Å². The predicted octanol–water partition coefficient (Wildman–Crippen LogP) is -0.0566. The van der Waals surface area contributed by atoms with Gasteiger partial charge in [0.2, 0.25) is 5.91 Å². The molecule has 0 aromatic heterocycles. The van der Waals surface area contributed by atoms with E-state index in [9.17, 15) is 13.2 Å². The van der Waals surface area contributed by atoms with E-state index in [2.05, 4.69) is 0 Å². The molecule has 2 N–H and O–H groups in total. The zero-order chi connectivity index (χ0) is 13.2. The van der Waals surface area contributed by atoms with Gasteiger partial charge in [0.1, 0.15) is 6.04 Å². The van der Waals surface area contributed by atoms with Crippen molar-refractivity contribution in [3.63, 3.8) is 0 Å². The molecule has 0 saturated carbocycles. The summed E-state index contributed by atoms with van der Waals surface area (Å²) in [6.45, 7) is 0.476. The summed E-state index contributed by atoms with van der Waals surface area (Å²) in [4.78, 5) is 13.6. The van der Waals surface area contributed by atoms with Crippen molar-refractivity contribution < 1.29 is 13.2 Å². The van der Waals surface area contributed by atoms with E-state index in [4.69, 9.17) is 5.73 Å². The molecule has 1 aromatic rings. The predicted molar refractivity (Wildman–Crippen MR) is 68.6 cm³/mol. The zero-order valence-electron chi connectivity index (χ0n) is 9.95. The smallest absolute Gasteiger partial charge is 0.244 e. The number of nitrogens with zero attached hydrogens (tertiary/aromatic N) is 1. The highest BCUT2D eigenvalue weighted by Gasteiger charge is 2.28. The summed E-state index contributed by atoms with van der Waals surface area (Å²) in [6.07, 6.45) is 0. The van der Waals surface area contributed by atoms with Gasteiger partial charge in [-0.15, -0.1) is 0 Å². The van der Waals surface area contributed by atoms with Crippen LogP contribution in [-0.2, 0) is 14.6 Å². The van der Waals surface area contributed by atoms with E-state index in [-0.39, 0.29) is 30.5 Å². The van der Waals surface area contributed by atoms with Gasteiger partial charge in [0.15, 0.2) is 9.84 Å². The molecule has 1 atom stereocenters. The van der Waals surface area contributed by atoms with Crippen LogP contribution in [-0.4, -0.2) is 43.8 Å². The standard InChI is InChI=1S/C12H16N2O3S/c13-11(10-4-2-1-3-5-10)12(15)14-6-8-18(16,17)9-7-14/h1-5,11H,6-9,13H2/t11-/m0/s1. The number of hydrogen-bond acceptors (Lipinski definition) is 4. The van der Waals surface area contributed by atoms with E-state index < -0.39 is 15.9 Å². The lowest BCUT2D eigenvalue weighted by atomic mass is 10.1. The van der Waals surface area contributed by atoms with Gasteiger partial charge >= 0.3 is 0 Å². The van der Waals surface area contributed by atoms with E-state index in [1.807, 2.05) is 18.2 Å². The molecule has 0 unspecified atom stereocenters. The molecule has 0 bridgehead atoms. The van der Waals surface area contributed by atoms with E-state index in [0.29, 0.717) is 0 Å². The van der Waals surface area contributed by atoms with Gasteiger partial charge in [-0.2, -0.15) is 0 Å². The Balaban J connectivity index is 2.05. The third-order valence-corrected chi connectivity index (χ3v) is 4.69. The van der Waals surface area contributed by atoms with Crippen molar-refractivity contribution in [2.45, 2.75) is 6.04 Å². The SMILES string of the molecule is N[C@H](C(=O)N1CCS(=O)(=O)CC1)c1ccccc1. The first-order valence-electron chi connectivity index (χ1n) is 5.79. The lowest BCUT2D eigenvalue weighted by molar-refractivity contribution is -0.132. The van der Waals surface area contributed by atoms with Crippen LogP contribution in [0.15, 0.2) is 30.3 Å². The molecule has 6 heteroatoms. The third kappa shape index (κ3) is 2.88. The van der Waals surface area contributed by atoms with E-state index >= 15 is 0 Å². The average Bonchev–Trinajstić information content (AvgIpc) is 2.38. The molecule has 0 radical (unpaired) electrons. The Hall–Kier alpha value is -1.40. The normalized spacial score (nSPS) is 20.4. The van der Waals surface area contributed by atoms with Crippen LogP contribution in [0.1, 0.15) is 11.6 Å². The van der Waals surface area contributed by atoms with Gasteiger partial charge in [-0.25, -0.2) is 8.42 Å². The number of nitrogens with two attached hydrogens (primary N) is 1. The lowest BCUT2D eigenvalue weighted by Crippen LogP contribution is -2.47. The Morgan fingerprint density at radius 1 is 1.17 bits per heavy atom. The summed E-state index contributed by atoms with van der Waals surface area (Å²) in [5, 5.41) is 0. The Kier molecular flexibility index (Phi) is 3.68. The van der Waals surface area contributed by atoms with Crippen molar-refractivity contribution in [2.75, 3.05) is 24.6 Å². The molecular formula is C12H16N2O3S. The summed E-state index contributed by atoms with van der Waals surface area (Å²) < 4.78 is 22.6. The average molecular weight is 268 g/mol. The number of sulfone groups is 1. The summed E-state index contributed by atoms with van der Waals surface area (Å²) in [5.41, 5.74) is 6.64. The Morgan fingerprint density at radius 2 is 1.72 bits per heavy atom. The van der Waals surface area contributed by atoms with Crippen molar-refractivity contribution >= 4 is 15.7 Å². The summed E-state index contributed by atoms with van der Waals surface area (Å²) in [5.74, 6) is -0.156. The minimum absolute atomic E-state index is 0.0280. The molecule has 1 aliphatic rings. The minimum atomic E-state index is -2.97. The number of rotatable bonds is 2. The molecule has 0 aliphatic carbocycles. The topological polar surface area (TPSA) is 80.5 Å². The number of amides is 1. The molecule has 1 aliphatic heterocycles. The minimum Gasteiger partial charge on any atom is -0.339 e. The molecule has 1 amide bonds. The van der Waals surface area contributed by atoms with Crippen LogP contribution in [0, 0.1) is 0 Å². The van der Waals surface area contributed by atoms with Crippen molar-refractivity contribution in [1.29, 1.82) is 0 Å². The van der Waals surface area contributed by atoms with Gasteiger partial charge in [-0.05, 0) is 5.56 Å². The zero-order valence-corrected chi connectivity index (χ0v) is 10.8. The highest BCUT2D eigenvalue weighted by Crippen LogP contribution is 2.14. The highest BCUT2D eigenvalue weighted by molar-refractivity contribution is 7.91. The third-order valence-electron chi connectivity index (χ3n) is 3.08. The summed E-state index contributed by atoms with van der Waals surface area (Å²) in [7, 11) is -2.97. The Labute approximate surface area is 107 Å². The van der Waals surface area contributed by atoms with Gasteiger partial charge in [0.25, 0.3) is 0 Å². The molecule has 1 aromatic carbocycles. The van der Waals surface area contributed by atoms with Crippen LogP contribution in [0.5, 0.6) is 0 Å². The second-order valence-electron chi connectivity index (χ2n) is 4.37. The first kappa shape index (κ1) is 13.0. The number of hydrogen-bond donors (Lipinski definition) is 1. The molecule has 1 saturated heterocycles. The second kappa shape index (κ2) is 5.07. The fraction of sp³-hybridized carbons (Fsp3) is 0.417. The van der Waals surface area contributed by atoms with E-state index in [1.165, 1.54) is 4.90 Å². The first-order chi connectivity index (χ1) is 8.49. The molecule has 2 rings (SSSR count). The number of carbonyl (C=O) groups excluding carboxylic acids is 1. The Bertz CT molecular complexity index is 514. The van der Waals surface area contributed by atoms with Gasteiger partial charge in [0, 0.05) is 13.1 Å². The van der Waals surface area contributed by atoms with Crippen LogP contribution < -0.4 is 5.73 Å².